The minimum absolute atomic E-state index is 0.438. The van der Waals surface area contributed by atoms with Crippen molar-refractivity contribution in [2.45, 2.75) is 18.1 Å². The average Bonchev–Trinajstić information content (AvgIpc) is 2.98. The number of hydrogen-bond donors (Lipinski definition) is 1. The third-order valence-electron chi connectivity index (χ3n) is 7.91. The Morgan fingerprint density at radius 1 is 1.00 bits per heavy atom. The van der Waals surface area contributed by atoms with Crippen molar-refractivity contribution in [1.82, 2.24) is 0 Å². The van der Waals surface area contributed by atoms with Crippen LogP contribution in [0, 0.1) is 47.3 Å². The van der Waals surface area contributed by atoms with E-state index < -0.39 is 5.60 Å². The lowest BCUT2D eigenvalue weighted by atomic mass is 9.54. The molecule has 0 heterocycles. The molecule has 0 amide bonds. The SMILES string of the molecule is CO[C@H]1C2C3CC4C5C3C1C5[C@@](O)(c1ccccc1)C42. The van der Waals surface area contributed by atoms with Crippen LogP contribution in [0.4, 0.5) is 0 Å². The zero-order valence-electron chi connectivity index (χ0n) is 11.6. The van der Waals surface area contributed by atoms with Crippen LogP contribution in [-0.2, 0) is 10.3 Å². The minimum Gasteiger partial charge on any atom is -0.385 e. The fraction of sp³-hybridized carbons (Fsp3) is 0.667. The Hall–Kier alpha value is -0.860. The number of methoxy groups -OCH3 is 1. The first kappa shape index (κ1) is 10.8. The van der Waals surface area contributed by atoms with Crippen LogP contribution >= 0.6 is 0 Å². The zero-order valence-corrected chi connectivity index (χ0v) is 11.6. The molecule has 2 bridgehead atoms. The summed E-state index contributed by atoms with van der Waals surface area (Å²) in [7, 11) is 1.89. The molecule has 2 heteroatoms. The van der Waals surface area contributed by atoms with Gasteiger partial charge in [-0.15, -0.1) is 0 Å². The highest BCUT2D eigenvalue weighted by Gasteiger charge is 2.87. The van der Waals surface area contributed by atoms with E-state index in [4.69, 9.17) is 4.74 Å². The summed E-state index contributed by atoms with van der Waals surface area (Å²) in [5, 5.41) is 11.7. The largest absolute Gasteiger partial charge is 0.385 e. The molecule has 5 fully saturated rings. The van der Waals surface area contributed by atoms with Gasteiger partial charge in [0.15, 0.2) is 0 Å². The second kappa shape index (κ2) is 3.00. The summed E-state index contributed by atoms with van der Waals surface area (Å²) in [4.78, 5) is 0. The van der Waals surface area contributed by atoms with Crippen molar-refractivity contribution in [2.24, 2.45) is 47.3 Å². The Morgan fingerprint density at radius 2 is 1.80 bits per heavy atom. The van der Waals surface area contributed by atoms with E-state index in [2.05, 4.69) is 30.3 Å². The monoisotopic (exact) mass is 268 g/mol. The highest BCUT2D eigenvalue weighted by molar-refractivity contribution is 5.40. The molecule has 1 N–H and O–H groups in total. The number of fused-ring (bicyclic) bond motifs is 2. The van der Waals surface area contributed by atoms with Crippen LogP contribution in [0.3, 0.4) is 0 Å². The van der Waals surface area contributed by atoms with Crippen molar-refractivity contribution in [3.8, 4) is 0 Å². The summed E-state index contributed by atoms with van der Waals surface area (Å²) >= 11 is 0. The first-order chi connectivity index (χ1) is 9.78. The molecule has 1 aromatic carbocycles. The Kier molecular flexibility index (Phi) is 1.62. The standard InChI is InChI=1S/C18H20O2/c1-20-17-13-9-7-10-12-11(9)14(17)16(12)18(19,15(10)13)8-5-3-2-4-6-8/h2-6,9-17,19H,7H2,1H3/t9?,10?,11?,12?,13?,14?,15?,16?,17-,18+/m0/s1. The molecule has 5 aliphatic rings. The molecule has 10 atom stereocenters. The van der Waals surface area contributed by atoms with Gasteiger partial charge in [-0.3, -0.25) is 0 Å². The van der Waals surface area contributed by atoms with Crippen molar-refractivity contribution in [3.63, 3.8) is 0 Å². The molecule has 6 rings (SSSR count). The second-order valence-corrected chi connectivity index (χ2v) is 7.82. The van der Waals surface area contributed by atoms with E-state index >= 15 is 0 Å². The van der Waals surface area contributed by atoms with Crippen LogP contribution in [0.2, 0.25) is 0 Å². The van der Waals surface area contributed by atoms with Crippen molar-refractivity contribution >= 4 is 0 Å². The third kappa shape index (κ3) is 0.791. The summed E-state index contributed by atoms with van der Waals surface area (Å²) in [5.74, 6) is 5.52. The fourth-order valence-corrected chi connectivity index (χ4v) is 7.91. The van der Waals surface area contributed by atoms with Crippen LogP contribution in [-0.4, -0.2) is 18.3 Å². The normalized spacial score (nSPS) is 63.2. The van der Waals surface area contributed by atoms with Gasteiger partial charge in [-0.1, -0.05) is 30.3 Å². The lowest BCUT2D eigenvalue weighted by molar-refractivity contribution is -0.183. The highest BCUT2D eigenvalue weighted by Crippen LogP contribution is 2.87. The molecule has 0 aromatic heterocycles. The molecule has 2 nitrogen and oxygen atoms in total. The quantitative estimate of drug-likeness (QED) is 0.891. The van der Waals surface area contributed by atoms with Crippen LogP contribution in [0.5, 0.6) is 0 Å². The molecular formula is C18H20O2. The number of rotatable bonds is 2. The molecular weight excluding hydrogens is 248 g/mol. The van der Waals surface area contributed by atoms with E-state index in [9.17, 15) is 5.11 Å². The molecule has 0 spiro atoms. The summed E-state index contributed by atoms with van der Waals surface area (Å²) in [5.41, 5.74) is 0.621. The lowest BCUT2D eigenvalue weighted by Crippen LogP contribution is -2.57. The highest BCUT2D eigenvalue weighted by atomic mass is 16.5. The van der Waals surface area contributed by atoms with E-state index in [1.807, 2.05) is 7.11 Å². The van der Waals surface area contributed by atoms with Gasteiger partial charge in [0.2, 0.25) is 0 Å². The van der Waals surface area contributed by atoms with Gasteiger partial charge in [-0.25, -0.2) is 0 Å². The molecule has 20 heavy (non-hydrogen) atoms. The van der Waals surface area contributed by atoms with E-state index in [1.165, 1.54) is 12.0 Å². The fourth-order valence-electron chi connectivity index (χ4n) is 7.91. The summed E-state index contributed by atoms with van der Waals surface area (Å²) in [6.07, 6.45) is 1.81. The predicted octanol–water partition coefficient (Wildman–Crippen LogP) is 2.28. The van der Waals surface area contributed by atoms with E-state index in [-0.39, 0.29) is 0 Å². The van der Waals surface area contributed by atoms with Crippen LogP contribution in [0.15, 0.2) is 30.3 Å². The van der Waals surface area contributed by atoms with Gasteiger partial charge < -0.3 is 9.84 Å². The second-order valence-electron chi connectivity index (χ2n) is 7.82. The van der Waals surface area contributed by atoms with Gasteiger partial charge in [0.25, 0.3) is 0 Å². The Balaban J connectivity index is 1.58. The Labute approximate surface area is 119 Å². The number of ether oxygens (including phenoxy) is 1. The van der Waals surface area contributed by atoms with Gasteiger partial charge in [0.1, 0.15) is 0 Å². The Bertz CT molecular complexity index is 599. The van der Waals surface area contributed by atoms with Gasteiger partial charge in [-0.05, 0) is 47.5 Å². The molecule has 5 saturated carbocycles. The topological polar surface area (TPSA) is 29.5 Å². The van der Waals surface area contributed by atoms with Gasteiger partial charge in [-0.2, -0.15) is 0 Å². The van der Waals surface area contributed by atoms with Crippen LogP contribution in [0.25, 0.3) is 0 Å². The average molecular weight is 268 g/mol. The van der Waals surface area contributed by atoms with Crippen molar-refractivity contribution in [2.75, 3.05) is 7.11 Å². The number of aliphatic hydroxyl groups is 1. The Morgan fingerprint density at radius 3 is 2.55 bits per heavy atom. The van der Waals surface area contributed by atoms with Gasteiger partial charge in [0.05, 0.1) is 11.7 Å². The summed E-state index contributed by atoms with van der Waals surface area (Å²) in [6.45, 7) is 0. The first-order valence-corrected chi connectivity index (χ1v) is 8.09. The van der Waals surface area contributed by atoms with Crippen molar-refractivity contribution in [3.05, 3.63) is 35.9 Å². The third-order valence-corrected chi connectivity index (χ3v) is 7.91. The van der Waals surface area contributed by atoms with Crippen LogP contribution in [0.1, 0.15) is 12.0 Å². The molecule has 0 aliphatic heterocycles. The van der Waals surface area contributed by atoms with E-state index in [1.54, 1.807) is 0 Å². The molecule has 0 radical (unpaired) electrons. The molecule has 0 saturated heterocycles. The summed E-state index contributed by atoms with van der Waals surface area (Å²) in [6, 6.07) is 10.5. The minimum atomic E-state index is -0.553. The maximum Gasteiger partial charge on any atom is 0.0965 e. The smallest absolute Gasteiger partial charge is 0.0965 e. The van der Waals surface area contributed by atoms with Gasteiger partial charge in [0, 0.05) is 18.9 Å². The van der Waals surface area contributed by atoms with Crippen molar-refractivity contribution < 1.29 is 9.84 Å². The number of benzene rings is 1. The zero-order chi connectivity index (χ0) is 13.2. The molecule has 8 unspecified atom stereocenters. The van der Waals surface area contributed by atoms with Crippen molar-refractivity contribution in [1.29, 1.82) is 0 Å². The van der Waals surface area contributed by atoms with E-state index in [0.29, 0.717) is 29.8 Å². The van der Waals surface area contributed by atoms with Crippen LogP contribution < -0.4 is 0 Å². The first-order valence-electron chi connectivity index (χ1n) is 8.09. The molecule has 5 aliphatic carbocycles. The van der Waals surface area contributed by atoms with Gasteiger partial charge >= 0.3 is 0 Å². The predicted molar refractivity (Wildman–Crippen MR) is 73.7 cm³/mol. The summed E-state index contributed by atoms with van der Waals surface area (Å²) < 4.78 is 5.89. The molecule has 104 valence electrons. The van der Waals surface area contributed by atoms with E-state index in [0.717, 1.165) is 23.7 Å². The lowest BCUT2D eigenvalue weighted by Gasteiger charge is -2.54. The maximum atomic E-state index is 11.7. The molecule has 1 aromatic rings. The maximum absolute atomic E-state index is 11.7. The number of hydrogen-bond acceptors (Lipinski definition) is 2.